The highest BCUT2D eigenvalue weighted by Crippen LogP contribution is 2.30. The average molecular weight is 439 g/mol. The number of benzene rings is 1. The lowest BCUT2D eigenvalue weighted by Crippen LogP contribution is -2.51. The van der Waals surface area contributed by atoms with E-state index in [1.807, 2.05) is 13.8 Å². The third-order valence-electron chi connectivity index (χ3n) is 3.93. The van der Waals surface area contributed by atoms with E-state index < -0.39 is 29.6 Å². The zero-order valence-corrected chi connectivity index (χ0v) is 18.4. The van der Waals surface area contributed by atoms with Gasteiger partial charge in [0.05, 0.1) is 20.3 Å². The first-order valence-electron chi connectivity index (χ1n) is 9.63. The molecule has 1 aromatic carbocycles. The third kappa shape index (κ3) is 9.04. The fourth-order valence-corrected chi connectivity index (χ4v) is 2.56. The van der Waals surface area contributed by atoms with Crippen molar-refractivity contribution in [3.63, 3.8) is 0 Å². The first-order valence-corrected chi connectivity index (χ1v) is 9.63. The molecule has 0 spiro atoms. The molecule has 0 saturated carbocycles. The van der Waals surface area contributed by atoms with Crippen LogP contribution in [0.3, 0.4) is 0 Å². The van der Waals surface area contributed by atoms with E-state index in [1.165, 1.54) is 33.1 Å². The molecule has 0 saturated heterocycles. The number of rotatable bonds is 10. The van der Waals surface area contributed by atoms with E-state index in [9.17, 15) is 19.2 Å². The van der Waals surface area contributed by atoms with Crippen molar-refractivity contribution < 1.29 is 42.9 Å². The van der Waals surface area contributed by atoms with Crippen LogP contribution in [0.25, 0.3) is 0 Å². The molecule has 0 heterocycles. The first kappa shape index (κ1) is 25.9. The summed E-state index contributed by atoms with van der Waals surface area (Å²) in [5.41, 5.74) is 5.23. The quantitative estimate of drug-likeness (QED) is 0.426. The minimum absolute atomic E-state index is 0.000860. The lowest BCUT2D eigenvalue weighted by Gasteiger charge is -2.26. The SMILES string of the molecule is COC(=O)[C@@](N)(CCOC(=O)OCC(C)C)Cc1ccc(OC(C)=O)c(OC(C)=O)c1. The van der Waals surface area contributed by atoms with Crippen LogP contribution >= 0.6 is 0 Å². The molecular formula is C21H29NO9. The Morgan fingerprint density at radius 3 is 2.16 bits per heavy atom. The van der Waals surface area contributed by atoms with Crippen molar-refractivity contribution >= 4 is 24.1 Å². The standard InChI is InChI=1S/C21H29NO9/c1-13(2)12-29-20(26)28-9-8-21(22,19(25)27-5)11-16-6-7-17(30-14(3)23)18(10-16)31-15(4)24/h6-7,10,13H,8-9,11-12,22H2,1-5H3/t21-/m1/s1. The monoisotopic (exact) mass is 439 g/mol. The van der Waals surface area contributed by atoms with E-state index in [4.69, 9.17) is 29.4 Å². The van der Waals surface area contributed by atoms with Crippen LogP contribution in [0.2, 0.25) is 0 Å². The van der Waals surface area contributed by atoms with Gasteiger partial charge in [0.1, 0.15) is 5.54 Å². The third-order valence-corrected chi connectivity index (χ3v) is 3.93. The number of nitrogens with two attached hydrogens (primary N) is 1. The van der Waals surface area contributed by atoms with Crippen LogP contribution in [0.5, 0.6) is 11.5 Å². The summed E-state index contributed by atoms with van der Waals surface area (Å²) in [6.45, 7) is 6.20. The van der Waals surface area contributed by atoms with Crippen molar-refractivity contribution in [2.24, 2.45) is 11.7 Å². The Bertz CT molecular complexity index is 806. The average Bonchev–Trinajstić information content (AvgIpc) is 2.67. The van der Waals surface area contributed by atoms with Gasteiger partial charge in [0.15, 0.2) is 11.5 Å². The van der Waals surface area contributed by atoms with Gasteiger partial charge >= 0.3 is 24.1 Å². The van der Waals surface area contributed by atoms with Gasteiger partial charge in [-0.3, -0.25) is 14.4 Å². The van der Waals surface area contributed by atoms with Crippen molar-refractivity contribution in [1.29, 1.82) is 0 Å². The molecular weight excluding hydrogens is 410 g/mol. The van der Waals surface area contributed by atoms with E-state index in [0.29, 0.717) is 5.56 Å². The number of methoxy groups -OCH3 is 1. The van der Waals surface area contributed by atoms with Gasteiger partial charge in [-0.1, -0.05) is 19.9 Å². The molecule has 0 fully saturated rings. The first-order chi connectivity index (χ1) is 14.5. The zero-order chi connectivity index (χ0) is 23.6. The van der Waals surface area contributed by atoms with Gasteiger partial charge in [0.2, 0.25) is 0 Å². The summed E-state index contributed by atoms with van der Waals surface area (Å²) in [5, 5.41) is 0. The highest BCUT2D eigenvalue weighted by Gasteiger charge is 2.36. The Morgan fingerprint density at radius 1 is 1.00 bits per heavy atom. The smallest absolute Gasteiger partial charge is 0.468 e. The summed E-state index contributed by atoms with van der Waals surface area (Å²) in [5.74, 6) is -1.73. The van der Waals surface area contributed by atoms with Crippen molar-refractivity contribution in [1.82, 2.24) is 0 Å². The van der Waals surface area contributed by atoms with Crippen LogP contribution in [0, 0.1) is 5.92 Å². The maximum absolute atomic E-state index is 12.3. The minimum atomic E-state index is -1.54. The summed E-state index contributed by atoms with van der Waals surface area (Å²) in [6, 6.07) is 4.42. The number of carbonyl (C=O) groups is 4. The van der Waals surface area contributed by atoms with Crippen molar-refractivity contribution in [2.75, 3.05) is 20.3 Å². The van der Waals surface area contributed by atoms with Crippen molar-refractivity contribution in [3.8, 4) is 11.5 Å². The Morgan fingerprint density at radius 2 is 1.61 bits per heavy atom. The molecule has 10 heteroatoms. The Kier molecular flexibility index (Phi) is 9.94. The molecule has 0 amide bonds. The summed E-state index contributed by atoms with van der Waals surface area (Å²) < 4.78 is 24.8. The summed E-state index contributed by atoms with van der Waals surface area (Å²) in [6.07, 6.45) is -0.937. The topological polar surface area (TPSA) is 140 Å². The number of esters is 3. The van der Waals surface area contributed by atoms with Gasteiger partial charge in [-0.25, -0.2) is 4.79 Å². The predicted octanol–water partition coefficient (Wildman–Crippen LogP) is 2.15. The van der Waals surface area contributed by atoms with Crippen LogP contribution in [0.15, 0.2) is 18.2 Å². The van der Waals surface area contributed by atoms with E-state index in [1.54, 1.807) is 6.07 Å². The van der Waals surface area contributed by atoms with E-state index >= 15 is 0 Å². The van der Waals surface area contributed by atoms with Crippen LogP contribution in [0.4, 0.5) is 4.79 Å². The number of ether oxygens (including phenoxy) is 5. The van der Waals surface area contributed by atoms with Gasteiger partial charge in [-0.05, 0) is 23.6 Å². The Balaban J connectivity index is 2.97. The summed E-state index contributed by atoms with van der Waals surface area (Å²) >= 11 is 0. The minimum Gasteiger partial charge on any atom is -0.468 e. The molecule has 0 aromatic heterocycles. The van der Waals surface area contributed by atoms with Crippen molar-refractivity contribution in [2.45, 2.75) is 46.1 Å². The second kappa shape index (κ2) is 11.9. The summed E-state index contributed by atoms with van der Waals surface area (Å²) in [4.78, 5) is 46.6. The van der Waals surface area contributed by atoms with Gasteiger partial charge in [0.25, 0.3) is 0 Å². The fraction of sp³-hybridized carbons (Fsp3) is 0.524. The lowest BCUT2D eigenvalue weighted by atomic mass is 9.88. The number of hydrogen-bond donors (Lipinski definition) is 1. The molecule has 1 aromatic rings. The Hall–Kier alpha value is -3.14. The highest BCUT2D eigenvalue weighted by atomic mass is 16.7. The highest BCUT2D eigenvalue weighted by molar-refractivity contribution is 5.81. The van der Waals surface area contributed by atoms with E-state index in [-0.39, 0.29) is 43.5 Å². The molecule has 2 N–H and O–H groups in total. The molecule has 0 aliphatic rings. The molecule has 0 unspecified atom stereocenters. The number of carbonyl (C=O) groups excluding carboxylic acids is 4. The molecule has 172 valence electrons. The molecule has 10 nitrogen and oxygen atoms in total. The molecule has 0 aliphatic heterocycles. The molecule has 0 radical (unpaired) electrons. The second-order valence-corrected chi connectivity index (χ2v) is 7.35. The molecule has 0 bridgehead atoms. The van der Waals surface area contributed by atoms with Crippen LogP contribution in [0.1, 0.15) is 39.7 Å². The van der Waals surface area contributed by atoms with Crippen LogP contribution in [-0.2, 0) is 35.0 Å². The van der Waals surface area contributed by atoms with E-state index in [2.05, 4.69) is 0 Å². The zero-order valence-electron chi connectivity index (χ0n) is 18.4. The van der Waals surface area contributed by atoms with Crippen molar-refractivity contribution in [3.05, 3.63) is 23.8 Å². The number of hydrogen-bond acceptors (Lipinski definition) is 10. The maximum Gasteiger partial charge on any atom is 0.508 e. The summed E-state index contributed by atoms with van der Waals surface area (Å²) in [7, 11) is 1.19. The Labute approximate surface area is 180 Å². The molecule has 0 aliphatic carbocycles. The fourth-order valence-electron chi connectivity index (χ4n) is 2.56. The molecule has 1 rings (SSSR count). The van der Waals surface area contributed by atoms with Crippen LogP contribution < -0.4 is 15.2 Å². The van der Waals surface area contributed by atoms with E-state index in [0.717, 1.165) is 0 Å². The largest absolute Gasteiger partial charge is 0.508 e. The molecule has 1 atom stereocenters. The van der Waals surface area contributed by atoms with Gasteiger partial charge < -0.3 is 29.4 Å². The molecule has 31 heavy (non-hydrogen) atoms. The van der Waals surface area contributed by atoms with Crippen LogP contribution in [-0.4, -0.2) is 49.9 Å². The second-order valence-electron chi connectivity index (χ2n) is 7.35. The normalized spacial score (nSPS) is 12.5. The predicted molar refractivity (Wildman–Crippen MR) is 108 cm³/mol. The van der Waals surface area contributed by atoms with Gasteiger partial charge in [-0.2, -0.15) is 0 Å². The van der Waals surface area contributed by atoms with Gasteiger partial charge in [-0.15, -0.1) is 0 Å². The lowest BCUT2D eigenvalue weighted by molar-refractivity contribution is -0.147. The maximum atomic E-state index is 12.3. The van der Waals surface area contributed by atoms with Gasteiger partial charge in [0, 0.05) is 26.7 Å².